The lowest BCUT2D eigenvalue weighted by Gasteiger charge is -2.25. The van der Waals surface area contributed by atoms with Crippen LogP contribution in [0, 0.1) is 10.1 Å². The Hall–Kier alpha value is -2.00. The van der Waals surface area contributed by atoms with Gasteiger partial charge in [0.15, 0.2) is 0 Å². The fourth-order valence-electron chi connectivity index (χ4n) is 1.71. The van der Waals surface area contributed by atoms with Crippen molar-refractivity contribution in [2.45, 2.75) is 31.2 Å². The molecule has 1 unspecified atom stereocenters. The van der Waals surface area contributed by atoms with Crippen LogP contribution in [0.3, 0.4) is 0 Å². The Bertz CT molecular complexity index is 643. The van der Waals surface area contributed by atoms with Crippen molar-refractivity contribution in [2.24, 2.45) is 0 Å². The summed E-state index contributed by atoms with van der Waals surface area (Å²) >= 11 is 0. The van der Waals surface area contributed by atoms with E-state index >= 15 is 0 Å². The van der Waals surface area contributed by atoms with Gasteiger partial charge >= 0.3 is 5.97 Å². The predicted octanol–water partition coefficient (Wildman–Crippen LogP) is 1.47. The van der Waals surface area contributed by atoms with Crippen molar-refractivity contribution in [3.63, 3.8) is 0 Å². The van der Waals surface area contributed by atoms with Gasteiger partial charge in [-0.05, 0) is 19.4 Å². The first-order valence-electron chi connectivity index (χ1n) is 6.18. The molecule has 0 saturated heterocycles. The Morgan fingerprint density at radius 3 is 2.57 bits per heavy atom. The summed E-state index contributed by atoms with van der Waals surface area (Å²) < 4.78 is 25.8. The van der Waals surface area contributed by atoms with Crippen LogP contribution in [0.1, 0.15) is 20.3 Å². The van der Waals surface area contributed by atoms with Gasteiger partial charge in [0.25, 0.3) is 5.69 Å². The fraction of sp³-hybridized carbons (Fsp3) is 0.417. The average molecular weight is 316 g/mol. The summed E-state index contributed by atoms with van der Waals surface area (Å²) in [7, 11) is -4.12. The minimum absolute atomic E-state index is 0.293. The van der Waals surface area contributed by atoms with Crippen molar-refractivity contribution in [1.29, 1.82) is 0 Å². The van der Waals surface area contributed by atoms with Crippen LogP contribution in [0.4, 0.5) is 5.69 Å². The normalized spacial score (nSPS) is 13.1. The zero-order chi connectivity index (χ0) is 16.2. The van der Waals surface area contributed by atoms with Crippen LogP contribution in [0.15, 0.2) is 29.2 Å². The first-order valence-corrected chi connectivity index (χ1v) is 7.62. The number of nitro groups is 1. The summed E-state index contributed by atoms with van der Waals surface area (Å²) in [5.41, 5.74) is -0.365. The molecule has 0 bridgehead atoms. The zero-order valence-electron chi connectivity index (χ0n) is 11.6. The molecule has 1 aromatic carbocycles. The van der Waals surface area contributed by atoms with Gasteiger partial charge in [0, 0.05) is 18.2 Å². The minimum atomic E-state index is -4.12. The molecule has 0 aliphatic rings. The molecule has 0 radical (unpaired) electrons. The van der Waals surface area contributed by atoms with E-state index in [0.717, 1.165) is 10.4 Å². The average Bonchev–Trinajstić information content (AvgIpc) is 2.43. The number of carboxylic acids is 1. The van der Waals surface area contributed by atoms with E-state index in [-0.39, 0.29) is 10.6 Å². The highest BCUT2D eigenvalue weighted by molar-refractivity contribution is 7.89. The largest absolute Gasteiger partial charge is 0.480 e. The highest BCUT2D eigenvalue weighted by Crippen LogP contribution is 2.23. The van der Waals surface area contributed by atoms with E-state index < -0.39 is 33.5 Å². The van der Waals surface area contributed by atoms with Gasteiger partial charge in [0.1, 0.15) is 6.54 Å². The molecule has 8 nitrogen and oxygen atoms in total. The molecule has 0 aliphatic heterocycles. The second kappa shape index (κ2) is 6.64. The molecule has 1 rings (SSSR count). The van der Waals surface area contributed by atoms with Gasteiger partial charge in [-0.3, -0.25) is 14.9 Å². The molecule has 0 aromatic heterocycles. The van der Waals surface area contributed by atoms with E-state index in [0.29, 0.717) is 6.42 Å². The zero-order valence-corrected chi connectivity index (χ0v) is 12.4. The monoisotopic (exact) mass is 316 g/mol. The van der Waals surface area contributed by atoms with Crippen LogP contribution in [-0.2, 0) is 14.8 Å². The second-order valence-corrected chi connectivity index (χ2v) is 6.35. The predicted molar refractivity (Wildman–Crippen MR) is 74.4 cm³/mol. The van der Waals surface area contributed by atoms with Crippen molar-refractivity contribution in [3.05, 3.63) is 34.4 Å². The second-order valence-electron chi connectivity index (χ2n) is 4.46. The first-order chi connectivity index (χ1) is 9.70. The first kappa shape index (κ1) is 17.1. The lowest BCUT2D eigenvalue weighted by Crippen LogP contribution is -2.41. The molecule has 0 amide bonds. The minimum Gasteiger partial charge on any atom is -0.480 e. The van der Waals surface area contributed by atoms with E-state index in [1.54, 1.807) is 13.8 Å². The number of nitro benzene ring substituents is 1. The van der Waals surface area contributed by atoms with Gasteiger partial charge in [0.05, 0.1) is 9.82 Å². The lowest BCUT2D eigenvalue weighted by molar-refractivity contribution is -0.385. The van der Waals surface area contributed by atoms with E-state index in [4.69, 9.17) is 5.11 Å². The molecule has 0 fully saturated rings. The van der Waals surface area contributed by atoms with Crippen molar-refractivity contribution in [1.82, 2.24) is 4.31 Å². The molecule has 0 aliphatic carbocycles. The Morgan fingerprint density at radius 2 is 2.10 bits per heavy atom. The van der Waals surface area contributed by atoms with Crippen molar-refractivity contribution >= 4 is 21.7 Å². The van der Waals surface area contributed by atoms with E-state index in [1.807, 2.05) is 0 Å². The number of carboxylic acid groups (broad SMARTS) is 1. The van der Waals surface area contributed by atoms with Gasteiger partial charge in [-0.1, -0.05) is 13.0 Å². The molecule has 0 spiro atoms. The van der Waals surface area contributed by atoms with E-state index in [1.165, 1.54) is 18.2 Å². The number of nitrogens with zero attached hydrogens (tertiary/aromatic N) is 2. The van der Waals surface area contributed by atoms with Gasteiger partial charge < -0.3 is 5.11 Å². The van der Waals surface area contributed by atoms with Crippen LogP contribution in [-0.4, -0.2) is 41.3 Å². The van der Waals surface area contributed by atoms with Gasteiger partial charge in [0.2, 0.25) is 10.0 Å². The molecule has 9 heteroatoms. The highest BCUT2D eigenvalue weighted by Gasteiger charge is 2.31. The quantitative estimate of drug-likeness (QED) is 0.601. The summed E-state index contributed by atoms with van der Waals surface area (Å²) in [6.07, 6.45) is 0.418. The highest BCUT2D eigenvalue weighted by atomic mass is 32.2. The number of aliphatic carboxylic acids is 1. The molecule has 1 N–H and O–H groups in total. The number of rotatable bonds is 7. The third-order valence-corrected chi connectivity index (χ3v) is 4.96. The molecule has 0 heterocycles. The topological polar surface area (TPSA) is 118 Å². The maximum absolute atomic E-state index is 12.5. The van der Waals surface area contributed by atoms with Crippen molar-refractivity contribution in [3.8, 4) is 0 Å². The summed E-state index contributed by atoms with van der Waals surface area (Å²) in [6.45, 7) is 2.61. The number of non-ortho nitro benzene ring substituents is 1. The molecular weight excluding hydrogens is 300 g/mol. The smallest absolute Gasteiger partial charge is 0.318 e. The Labute approximate surface area is 122 Å². The molecule has 1 aromatic rings. The van der Waals surface area contributed by atoms with Crippen molar-refractivity contribution < 1.29 is 23.2 Å². The van der Waals surface area contributed by atoms with Crippen LogP contribution in [0.25, 0.3) is 0 Å². The number of benzene rings is 1. The Morgan fingerprint density at radius 1 is 1.48 bits per heavy atom. The maximum Gasteiger partial charge on any atom is 0.318 e. The summed E-state index contributed by atoms with van der Waals surface area (Å²) in [4.78, 5) is 20.6. The maximum atomic E-state index is 12.5. The van der Waals surface area contributed by atoms with E-state index in [2.05, 4.69) is 0 Å². The summed E-state index contributed by atoms with van der Waals surface area (Å²) in [5.74, 6) is -1.29. The fourth-order valence-corrected chi connectivity index (χ4v) is 3.40. The van der Waals surface area contributed by atoms with Crippen LogP contribution in [0.2, 0.25) is 0 Å². The molecule has 116 valence electrons. The summed E-state index contributed by atoms with van der Waals surface area (Å²) in [6, 6.07) is 4.02. The van der Waals surface area contributed by atoms with Gasteiger partial charge in [-0.25, -0.2) is 8.42 Å². The van der Waals surface area contributed by atoms with Crippen LogP contribution >= 0.6 is 0 Å². The number of carbonyl (C=O) groups is 1. The van der Waals surface area contributed by atoms with Crippen molar-refractivity contribution in [2.75, 3.05) is 6.54 Å². The lowest BCUT2D eigenvalue weighted by atomic mass is 10.2. The number of sulfonamides is 1. The Balaban J connectivity index is 3.31. The van der Waals surface area contributed by atoms with Gasteiger partial charge in [-0.2, -0.15) is 4.31 Å². The Kier molecular flexibility index (Phi) is 5.39. The van der Waals surface area contributed by atoms with Gasteiger partial charge in [-0.15, -0.1) is 0 Å². The molecule has 21 heavy (non-hydrogen) atoms. The molecular formula is C12H16N2O6S. The number of hydrogen-bond donors (Lipinski definition) is 1. The summed E-state index contributed by atoms with van der Waals surface area (Å²) in [5, 5.41) is 19.6. The van der Waals surface area contributed by atoms with Crippen LogP contribution in [0.5, 0.6) is 0 Å². The van der Waals surface area contributed by atoms with Crippen LogP contribution < -0.4 is 0 Å². The molecule has 1 atom stereocenters. The molecule has 0 saturated carbocycles. The third-order valence-electron chi connectivity index (χ3n) is 3.01. The number of hydrogen-bond acceptors (Lipinski definition) is 5. The third kappa shape index (κ3) is 3.99. The SMILES string of the molecule is CCC(C)N(CC(=O)O)S(=O)(=O)c1cccc([N+](=O)[O-])c1. The van der Waals surface area contributed by atoms with E-state index in [9.17, 15) is 23.3 Å². The standard InChI is InChI=1S/C12H16N2O6S/c1-3-9(2)13(8-12(15)16)21(19,20)11-6-4-5-10(7-11)14(17)18/h4-7,9H,3,8H2,1-2H3,(H,15,16).